The third-order valence-corrected chi connectivity index (χ3v) is 4.25. The van der Waals surface area contributed by atoms with E-state index in [4.69, 9.17) is 4.74 Å². The molecule has 0 aliphatic rings. The third-order valence-electron chi connectivity index (χ3n) is 4.25. The van der Waals surface area contributed by atoms with Crippen molar-refractivity contribution in [1.29, 1.82) is 0 Å². The maximum Gasteiger partial charge on any atom is 0.264 e. The highest BCUT2D eigenvalue weighted by Crippen LogP contribution is 2.19. The summed E-state index contributed by atoms with van der Waals surface area (Å²) >= 11 is 0. The van der Waals surface area contributed by atoms with Crippen molar-refractivity contribution in [1.82, 2.24) is 19.3 Å². The molecule has 1 amide bonds. The maximum atomic E-state index is 12.3. The molecular formula is C20H19N5O2. The summed E-state index contributed by atoms with van der Waals surface area (Å²) in [5.74, 6) is 0.623. The van der Waals surface area contributed by atoms with Gasteiger partial charge in [-0.25, -0.2) is 9.67 Å². The minimum Gasteiger partial charge on any atom is -0.466 e. The predicted octanol–water partition coefficient (Wildman–Crippen LogP) is 3.08. The van der Waals surface area contributed by atoms with Crippen molar-refractivity contribution in [3.05, 3.63) is 66.4 Å². The molecule has 2 heterocycles. The Hall–Kier alpha value is -3.61. The van der Waals surface area contributed by atoms with E-state index in [9.17, 15) is 4.79 Å². The van der Waals surface area contributed by atoms with Crippen molar-refractivity contribution in [2.45, 2.75) is 6.92 Å². The molecule has 2 aromatic carbocycles. The van der Waals surface area contributed by atoms with Gasteiger partial charge in [-0.3, -0.25) is 10.1 Å². The number of benzene rings is 2. The number of hydrogen-bond acceptors (Lipinski definition) is 4. The van der Waals surface area contributed by atoms with E-state index in [1.807, 2.05) is 79.3 Å². The third kappa shape index (κ3) is 3.39. The average molecular weight is 361 g/mol. The van der Waals surface area contributed by atoms with Gasteiger partial charge in [-0.05, 0) is 31.2 Å². The quantitative estimate of drug-likeness (QED) is 0.593. The van der Waals surface area contributed by atoms with E-state index >= 15 is 0 Å². The van der Waals surface area contributed by atoms with Gasteiger partial charge in [0.2, 0.25) is 11.8 Å². The lowest BCUT2D eigenvalue weighted by Gasteiger charge is -2.06. The fourth-order valence-electron chi connectivity index (χ4n) is 2.85. The van der Waals surface area contributed by atoms with Gasteiger partial charge in [0.1, 0.15) is 0 Å². The lowest BCUT2D eigenvalue weighted by atomic mass is 10.3. The minimum absolute atomic E-state index is 0.143. The number of amides is 1. The molecule has 0 aliphatic heterocycles. The van der Waals surface area contributed by atoms with E-state index in [1.54, 1.807) is 4.68 Å². The van der Waals surface area contributed by atoms with E-state index in [-0.39, 0.29) is 12.5 Å². The van der Waals surface area contributed by atoms with Crippen LogP contribution in [-0.2, 0) is 11.8 Å². The zero-order valence-corrected chi connectivity index (χ0v) is 15.1. The molecule has 27 heavy (non-hydrogen) atoms. The zero-order valence-electron chi connectivity index (χ0n) is 15.1. The van der Waals surface area contributed by atoms with Crippen LogP contribution in [0.15, 0.2) is 60.8 Å². The Morgan fingerprint density at radius 3 is 2.63 bits per heavy atom. The topological polar surface area (TPSA) is 74.0 Å². The molecular weight excluding hydrogens is 342 g/mol. The molecule has 0 radical (unpaired) electrons. The van der Waals surface area contributed by atoms with Gasteiger partial charge in [-0.1, -0.05) is 30.3 Å². The first kappa shape index (κ1) is 16.8. The van der Waals surface area contributed by atoms with Crippen LogP contribution < -0.4 is 10.1 Å². The summed E-state index contributed by atoms with van der Waals surface area (Å²) in [7, 11) is 1.86. The maximum absolute atomic E-state index is 12.3. The SMILES string of the molecule is Cc1cn(-c2ccccc2)nc1OCC(=O)Nc1nc2ccccc2n1C. The van der Waals surface area contributed by atoms with Gasteiger partial charge in [0, 0.05) is 18.8 Å². The van der Waals surface area contributed by atoms with Crippen LogP contribution in [0.4, 0.5) is 5.95 Å². The van der Waals surface area contributed by atoms with Crippen molar-refractivity contribution < 1.29 is 9.53 Å². The molecule has 0 aliphatic carbocycles. The first-order chi connectivity index (χ1) is 13.1. The number of carbonyl (C=O) groups excluding carboxylic acids is 1. The second-order valence-corrected chi connectivity index (χ2v) is 6.22. The molecule has 2 aromatic heterocycles. The minimum atomic E-state index is -0.290. The number of nitrogens with one attached hydrogen (secondary N) is 1. The molecule has 0 atom stereocenters. The lowest BCUT2D eigenvalue weighted by molar-refractivity contribution is -0.118. The Bertz CT molecular complexity index is 1100. The van der Waals surface area contributed by atoms with Crippen LogP contribution in [0.2, 0.25) is 0 Å². The molecule has 4 rings (SSSR count). The first-order valence-corrected chi connectivity index (χ1v) is 8.57. The average Bonchev–Trinajstić information content (AvgIpc) is 3.21. The van der Waals surface area contributed by atoms with Crippen molar-refractivity contribution in [3.8, 4) is 11.6 Å². The number of imidazole rings is 1. The molecule has 0 unspecified atom stereocenters. The number of aromatic nitrogens is 4. The van der Waals surface area contributed by atoms with Gasteiger partial charge < -0.3 is 9.30 Å². The number of anilines is 1. The summed E-state index contributed by atoms with van der Waals surface area (Å²) in [6.45, 7) is 1.75. The molecule has 0 saturated carbocycles. The molecule has 7 heteroatoms. The van der Waals surface area contributed by atoms with Gasteiger partial charge in [0.15, 0.2) is 6.61 Å². The molecule has 136 valence electrons. The molecule has 0 fully saturated rings. The monoisotopic (exact) mass is 361 g/mol. The first-order valence-electron chi connectivity index (χ1n) is 8.57. The van der Waals surface area contributed by atoms with Crippen LogP contribution in [0.25, 0.3) is 16.7 Å². The molecule has 7 nitrogen and oxygen atoms in total. The Balaban J connectivity index is 1.43. The van der Waals surface area contributed by atoms with Crippen molar-refractivity contribution in [2.75, 3.05) is 11.9 Å². The Kier molecular flexibility index (Phi) is 4.33. The van der Waals surface area contributed by atoms with E-state index in [2.05, 4.69) is 15.4 Å². The van der Waals surface area contributed by atoms with Gasteiger partial charge >= 0.3 is 0 Å². The molecule has 0 saturated heterocycles. The van der Waals surface area contributed by atoms with Gasteiger partial charge in [0.25, 0.3) is 5.91 Å². The van der Waals surface area contributed by atoms with Crippen molar-refractivity contribution >= 4 is 22.9 Å². The van der Waals surface area contributed by atoms with E-state index in [0.29, 0.717) is 11.8 Å². The summed E-state index contributed by atoms with van der Waals surface area (Å²) in [6.07, 6.45) is 1.87. The number of rotatable bonds is 5. The van der Waals surface area contributed by atoms with Crippen LogP contribution in [0.5, 0.6) is 5.88 Å². The van der Waals surface area contributed by atoms with Crippen LogP contribution in [0.3, 0.4) is 0 Å². The largest absolute Gasteiger partial charge is 0.466 e. The number of carbonyl (C=O) groups is 1. The van der Waals surface area contributed by atoms with Crippen molar-refractivity contribution in [3.63, 3.8) is 0 Å². The standard InChI is InChI=1S/C20H19N5O2/c1-14-12-25(15-8-4-3-5-9-15)23-19(14)27-13-18(26)22-20-21-16-10-6-7-11-17(16)24(20)2/h3-12H,13H2,1-2H3,(H,21,22,26). The Morgan fingerprint density at radius 1 is 1.11 bits per heavy atom. The fourth-order valence-corrected chi connectivity index (χ4v) is 2.85. The van der Waals surface area contributed by atoms with Crippen molar-refractivity contribution in [2.24, 2.45) is 7.05 Å². The number of aryl methyl sites for hydroxylation is 2. The van der Waals surface area contributed by atoms with E-state index in [0.717, 1.165) is 22.3 Å². The number of fused-ring (bicyclic) bond motifs is 1. The molecule has 4 aromatic rings. The summed E-state index contributed by atoms with van der Waals surface area (Å²) in [5.41, 5.74) is 3.56. The van der Waals surface area contributed by atoms with Crippen LogP contribution in [0.1, 0.15) is 5.56 Å². The van der Waals surface area contributed by atoms with Crippen LogP contribution in [-0.4, -0.2) is 31.8 Å². The highest BCUT2D eigenvalue weighted by atomic mass is 16.5. The van der Waals surface area contributed by atoms with E-state index in [1.165, 1.54) is 0 Å². The predicted molar refractivity (Wildman–Crippen MR) is 103 cm³/mol. The molecule has 0 spiro atoms. The smallest absolute Gasteiger partial charge is 0.264 e. The summed E-state index contributed by atoms with van der Waals surface area (Å²) in [6, 6.07) is 17.4. The summed E-state index contributed by atoms with van der Waals surface area (Å²) in [4.78, 5) is 16.7. The normalized spacial score (nSPS) is 10.9. The highest BCUT2D eigenvalue weighted by molar-refractivity contribution is 5.92. The highest BCUT2D eigenvalue weighted by Gasteiger charge is 2.13. The zero-order chi connectivity index (χ0) is 18.8. The van der Waals surface area contributed by atoms with Crippen LogP contribution in [0, 0.1) is 6.92 Å². The fraction of sp³-hybridized carbons (Fsp3) is 0.150. The van der Waals surface area contributed by atoms with Gasteiger partial charge in [-0.15, -0.1) is 5.10 Å². The van der Waals surface area contributed by atoms with E-state index < -0.39 is 0 Å². The second kappa shape index (κ2) is 6.95. The Labute approximate surface area is 156 Å². The molecule has 0 bridgehead atoms. The second-order valence-electron chi connectivity index (χ2n) is 6.22. The Morgan fingerprint density at radius 2 is 1.85 bits per heavy atom. The number of nitrogens with zero attached hydrogens (tertiary/aromatic N) is 4. The molecule has 1 N–H and O–H groups in total. The van der Waals surface area contributed by atoms with Gasteiger partial charge in [-0.2, -0.15) is 0 Å². The number of hydrogen-bond donors (Lipinski definition) is 1. The number of ether oxygens (including phenoxy) is 1. The number of para-hydroxylation sites is 3. The van der Waals surface area contributed by atoms with Crippen LogP contribution >= 0.6 is 0 Å². The van der Waals surface area contributed by atoms with Gasteiger partial charge in [0.05, 0.1) is 16.7 Å². The summed E-state index contributed by atoms with van der Waals surface area (Å²) < 4.78 is 9.17. The summed E-state index contributed by atoms with van der Waals surface area (Å²) in [5, 5.41) is 7.19. The lowest BCUT2D eigenvalue weighted by Crippen LogP contribution is -2.22.